The molecular weight excluding hydrogens is 704 g/mol. The predicted octanol–water partition coefficient (Wildman–Crippen LogP) is 3.06. The molecule has 3 N–H and O–H groups in total. The topological polar surface area (TPSA) is 138 Å². The third-order valence-electron chi connectivity index (χ3n) is 8.57. The van der Waals surface area contributed by atoms with Crippen molar-refractivity contribution in [1.29, 1.82) is 0 Å². The first kappa shape index (κ1) is 33.8. The summed E-state index contributed by atoms with van der Waals surface area (Å²) in [5, 5.41) is 40.3. The van der Waals surface area contributed by atoms with Crippen LogP contribution in [0.2, 0.25) is 5.15 Å². The molecule has 3 heterocycles. The quantitative estimate of drug-likeness (QED) is 0.164. The minimum Gasteiger partial charge on any atom is -1.00 e. The number of hydrogen-bond donors (Lipinski definition) is 3. The van der Waals surface area contributed by atoms with Crippen LogP contribution < -0.4 is 21.5 Å². The van der Waals surface area contributed by atoms with E-state index < -0.39 is 0 Å². The molecular formula is C36H34BrClN10O. The lowest BCUT2D eigenvalue weighted by atomic mass is 9.98. The summed E-state index contributed by atoms with van der Waals surface area (Å²) in [6.07, 6.45) is 2.88. The van der Waals surface area contributed by atoms with Gasteiger partial charge in [0, 0.05) is 17.5 Å². The number of halogens is 2. The summed E-state index contributed by atoms with van der Waals surface area (Å²) in [4.78, 5) is 0. The summed E-state index contributed by atoms with van der Waals surface area (Å²) in [5.74, 6) is 2.19. The Bertz CT molecular complexity index is 2110. The van der Waals surface area contributed by atoms with Gasteiger partial charge in [0.15, 0.2) is 5.69 Å². The van der Waals surface area contributed by atoms with Crippen LogP contribution in [-0.4, -0.2) is 50.9 Å². The maximum absolute atomic E-state index is 10.5. The van der Waals surface area contributed by atoms with Crippen molar-refractivity contribution in [3.8, 4) is 45.0 Å². The molecule has 248 valence electrons. The van der Waals surface area contributed by atoms with Crippen LogP contribution in [0, 0.1) is 0 Å². The lowest BCUT2D eigenvalue weighted by molar-refractivity contribution is -0.693. The molecule has 0 atom stereocenters. The molecule has 0 spiro atoms. The fourth-order valence-electron chi connectivity index (χ4n) is 6.14. The van der Waals surface area contributed by atoms with Gasteiger partial charge >= 0.3 is 0 Å². The number of aliphatic hydroxyl groups excluding tert-OH is 1. The molecule has 0 saturated carbocycles. The van der Waals surface area contributed by atoms with Crippen LogP contribution in [0.25, 0.3) is 45.0 Å². The third kappa shape index (κ3) is 7.07. The van der Waals surface area contributed by atoms with E-state index in [0.717, 1.165) is 69.6 Å². The van der Waals surface area contributed by atoms with Gasteiger partial charge in [-0.05, 0) is 61.8 Å². The van der Waals surface area contributed by atoms with Crippen LogP contribution in [0.15, 0.2) is 97.1 Å². The Morgan fingerprint density at radius 2 is 1.22 bits per heavy atom. The molecule has 0 saturated heterocycles. The molecule has 0 fully saturated rings. The lowest BCUT2D eigenvalue weighted by Gasteiger charge is -2.10. The number of nitrogens with one attached hydrogen (secondary N) is 2. The summed E-state index contributed by atoms with van der Waals surface area (Å²) >= 11 is 7.05. The predicted molar refractivity (Wildman–Crippen MR) is 182 cm³/mol. The molecule has 49 heavy (non-hydrogen) atoms. The van der Waals surface area contributed by atoms with Gasteiger partial charge < -0.3 is 22.1 Å². The van der Waals surface area contributed by atoms with Crippen LogP contribution in [-0.2, 0) is 26.1 Å². The standard InChI is InChI=1S/C36H34ClN10O.BrH/c1-2-3-12-33-46(21-24-13-17-26(18-14-24)28-8-4-6-10-30(28)35-38-42-43-39-35)32(23-48)34(37)47(33)22-25-15-19-27(20-16-25)29-9-5-7-11-31(29)36-40-44-45-41-36;/h4-11,13-20,48H,2-3,12,21-23H2,1H3,(H,38,39,42,43)(H,40,41,44,45);1H/q+1;/p-1. The number of unbranched alkanes of at least 4 members (excludes halogenated alkanes) is 1. The molecule has 0 radical (unpaired) electrons. The Morgan fingerprint density at radius 1 is 0.714 bits per heavy atom. The van der Waals surface area contributed by atoms with Gasteiger partial charge in [-0.25, -0.2) is 9.13 Å². The van der Waals surface area contributed by atoms with Crippen molar-refractivity contribution in [1.82, 2.24) is 45.8 Å². The SMILES string of the molecule is CCCCc1n(Cc2ccc(-c3ccccc3-c3nn[nH]n3)cc2)c(CO)c(Cl)[n+]1Cc1ccc(-c2ccccc2-c2nn[nH]n2)cc1.[Br-]. The second-order valence-electron chi connectivity index (χ2n) is 11.5. The molecule has 0 aliphatic carbocycles. The van der Waals surface area contributed by atoms with Crippen molar-refractivity contribution in [3.05, 3.63) is 125 Å². The van der Waals surface area contributed by atoms with Crippen LogP contribution in [0.4, 0.5) is 0 Å². The summed E-state index contributed by atoms with van der Waals surface area (Å²) in [5.41, 5.74) is 8.89. The van der Waals surface area contributed by atoms with E-state index in [1.165, 1.54) is 0 Å². The largest absolute Gasteiger partial charge is 1.00 e. The highest BCUT2D eigenvalue weighted by Crippen LogP contribution is 2.31. The molecule has 0 aliphatic rings. The maximum Gasteiger partial charge on any atom is 0.258 e. The smallest absolute Gasteiger partial charge is 0.258 e. The zero-order chi connectivity index (χ0) is 32.9. The molecule has 0 amide bonds. The molecule has 7 aromatic rings. The van der Waals surface area contributed by atoms with Gasteiger partial charge in [0.2, 0.25) is 16.8 Å². The second-order valence-corrected chi connectivity index (χ2v) is 11.9. The highest BCUT2D eigenvalue weighted by atomic mass is 79.9. The van der Waals surface area contributed by atoms with Crippen molar-refractivity contribution in [2.24, 2.45) is 0 Å². The van der Waals surface area contributed by atoms with Crippen LogP contribution in [0.1, 0.15) is 42.4 Å². The maximum atomic E-state index is 10.5. The summed E-state index contributed by atoms with van der Waals surface area (Å²) in [6.45, 7) is 3.19. The number of rotatable bonds is 12. The van der Waals surface area contributed by atoms with Gasteiger partial charge in [-0.15, -0.1) is 20.4 Å². The average molecular weight is 738 g/mol. The fraction of sp³-hybridized carbons (Fsp3) is 0.194. The van der Waals surface area contributed by atoms with Gasteiger partial charge in [-0.1, -0.05) is 110 Å². The molecule has 0 bridgehead atoms. The number of tetrazole rings is 2. The van der Waals surface area contributed by atoms with Gasteiger partial charge in [0.05, 0.1) is 0 Å². The van der Waals surface area contributed by atoms with Crippen LogP contribution in [0.5, 0.6) is 0 Å². The number of imidazole rings is 1. The van der Waals surface area contributed by atoms with Crippen molar-refractivity contribution < 1.29 is 26.7 Å². The van der Waals surface area contributed by atoms with E-state index in [9.17, 15) is 5.11 Å². The number of H-pyrrole nitrogens is 2. The Hall–Kier alpha value is -5.04. The van der Waals surface area contributed by atoms with E-state index in [1.807, 2.05) is 36.4 Å². The fourth-order valence-corrected chi connectivity index (χ4v) is 6.46. The molecule has 0 unspecified atom stereocenters. The average Bonchev–Trinajstić information content (AvgIpc) is 3.91. The van der Waals surface area contributed by atoms with Crippen LogP contribution in [0.3, 0.4) is 0 Å². The Labute approximate surface area is 298 Å². The summed E-state index contributed by atoms with van der Waals surface area (Å²) in [6, 6.07) is 33.0. The monoisotopic (exact) mass is 736 g/mol. The number of aliphatic hydroxyl groups is 1. The van der Waals surface area contributed by atoms with Crippen LogP contribution >= 0.6 is 11.6 Å². The molecule has 4 aromatic carbocycles. The van der Waals surface area contributed by atoms with E-state index in [2.05, 4.69) is 118 Å². The Morgan fingerprint density at radius 3 is 1.69 bits per heavy atom. The molecule has 11 nitrogen and oxygen atoms in total. The number of nitrogens with zero attached hydrogens (tertiary/aromatic N) is 8. The van der Waals surface area contributed by atoms with E-state index >= 15 is 0 Å². The van der Waals surface area contributed by atoms with Gasteiger partial charge in [0.25, 0.3) is 5.82 Å². The Kier molecular flexibility index (Phi) is 10.7. The molecule has 7 rings (SSSR count). The van der Waals surface area contributed by atoms with Crippen molar-refractivity contribution in [3.63, 3.8) is 0 Å². The molecule has 0 aliphatic heterocycles. The minimum absolute atomic E-state index is 0. The van der Waals surface area contributed by atoms with E-state index in [1.54, 1.807) is 0 Å². The van der Waals surface area contributed by atoms with Crippen molar-refractivity contribution in [2.45, 2.75) is 45.9 Å². The zero-order valence-electron chi connectivity index (χ0n) is 26.8. The third-order valence-corrected chi connectivity index (χ3v) is 8.99. The summed E-state index contributed by atoms with van der Waals surface area (Å²) in [7, 11) is 0. The normalized spacial score (nSPS) is 11.1. The number of benzene rings is 4. The van der Waals surface area contributed by atoms with E-state index in [0.29, 0.717) is 35.6 Å². The summed E-state index contributed by atoms with van der Waals surface area (Å²) < 4.78 is 4.32. The van der Waals surface area contributed by atoms with Crippen molar-refractivity contribution >= 4 is 11.6 Å². The molecule has 3 aromatic heterocycles. The first-order chi connectivity index (χ1) is 23.6. The second kappa shape index (κ2) is 15.5. The van der Waals surface area contributed by atoms with Gasteiger partial charge in [0.1, 0.15) is 19.7 Å². The minimum atomic E-state index is -0.160. The number of aromatic nitrogens is 10. The lowest BCUT2D eigenvalue weighted by Crippen LogP contribution is -3.00. The van der Waals surface area contributed by atoms with Crippen molar-refractivity contribution in [2.75, 3.05) is 0 Å². The number of hydrogen-bond acceptors (Lipinski definition) is 7. The van der Waals surface area contributed by atoms with E-state index in [-0.39, 0.29) is 23.6 Å². The van der Waals surface area contributed by atoms with Gasteiger partial charge in [-0.2, -0.15) is 10.4 Å². The zero-order valence-corrected chi connectivity index (χ0v) is 29.1. The first-order valence-electron chi connectivity index (χ1n) is 15.9. The highest BCUT2D eigenvalue weighted by molar-refractivity contribution is 6.29. The number of aromatic amines is 2. The van der Waals surface area contributed by atoms with E-state index in [4.69, 9.17) is 11.6 Å². The Balaban J connectivity index is 0.00000417. The highest BCUT2D eigenvalue weighted by Gasteiger charge is 2.29. The first-order valence-corrected chi connectivity index (χ1v) is 16.3. The molecule has 13 heteroatoms. The van der Waals surface area contributed by atoms with Gasteiger partial charge in [-0.3, -0.25) is 0 Å².